The van der Waals surface area contributed by atoms with Gasteiger partial charge in [-0.25, -0.2) is 9.18 Å². The fourth-order valence-corrected chi connectivity index (χ4v) is 7.59. The minimum Gasteiger partial charge on any atom is -0.352 e. The monoisotopic (exact) mass is 603 g/mol. The first-order chi connectivity index (χ1) is 19.8. The number of nitrogens with zero attached hydrogens (tertiary/aromatic N) is 5. The number of hydrogen-bond acceptors (Lipinski definition) is 6. The van der Waals surface area contributed by atoms with Crippen molar-refractivity contribution >= 4 is 34.4 Å². The zero-order valence-corrected chi connectivity index (χ0v) is 24.7. The standard InChI is InChI=1S/C30H33F4N5O2S/c1-6-24(40)39-17(2)12-37(13-18(39)3)28-22-11-23(30(32,33)34)25(20-7-9-21(31)10-8-20)27-26(22)38(29(41)35-28)15-19(16-42-27)14-36(4)5/h6-11,17-19H,1,12-16H2,2-5H3/t17-,18+,19-/m0/s1. The molecular formula is C30H33F4N5O2S. The van der Waals surface area contributed by atoms with E-state index in [9.17, 15) is 27.2 Å². The molecule has 2 aliphatic rings. The summed E-state index contributed by atoms with van der Waals surface area (Å²) in [5, 5.41) is 0.226. The smallest absolute Gasteiger partial charge is 0.352 e. The zero-order chi connectivity index (χ0) is 30.5. The number of thioether (sulfide) groups is 1. The molecule has 3 heterocycles. The summed E-state index contributed by atoms with van der Waals surface area (Å²) in [5.74, 6) is -0.175. The van der Waals surface area contributed by atoms with Crippen molar-refractivity contribution in [1.82, 2.24) is 19.4 Å². The van der Waals surface area contributed by atoms with Crippen LogP contribution in [0.25, 0.3) is 22.0 Å². The van der Waals surface area contributed by atoms with Crippen molar-refractivity contribution in [3.05, 3.63) is 64.9 Å². The highest BCUT2D eigenvalue weighted by atomic mass is 32.2. The summed E-state index contributed by atoms with van der Waals surface area (Å²) in [5.41, 5.74) is -0.868. The van der Waals surface area contributed by atoms with Crippen LogP contribution in [0.15, 0.2) is 52.7 Å². The fraction of sp³-hybridized carbons (Fsp3) is 0.433. The Bertz CT molecular complexity index is 1580. The van der Waals surface area contributed by atoms with Crippen molar-refractivity contribution in [3.63, 3.8) is 0 Å². The number of benzene rings is 2. The molecule has 0 spiro atoms. The number of halogens is 4. The van der Waals surface area contributed by atoms with E-state index >= 15 is 0 Å². The van der Waals surface area contributed by atoms with E-state index in [2.05, 4.69) is 11.6 Å². The van der Waals surface area contributed by atoms with Gasteiger partial charge in [-0.05, 0) is 63.7 Å². The topological polar surface area (TPSA) is 61.7 Å². The van der Waals surface area contributed by atoms with Crippen LogP contribution >= 0.6 is 11.8 Å². The van der Waals surface area contributed by atoms with Crippen molar-refractivity contribution in [2.24, 2.45) is 5.92 Å². The van der Waals surface area contributed by atoms with Crippen LogP contribution in [-0.4, -0.2) is 76.8 Å². The Morgan fingerprint density at radius 3 is 2.36 bits per heavy atom. The van der Waals surface area contributed by atoms with E-state index in [1.54, 1.807) is 9.80 Å². The third-order valence-corrected chi connectivity index (χ3v) is 9.14. The predicted octanol–water partition coefficient (Wildman–Crippen LogP) is 5.12. The maximum absolute atomic E-state index is 14.8. The van der Waals surface area contributed by atoms with E-state index in [0.29, 0.717) is 29.3 Å². The van der Waals surface area contributed by atoms with Crippen molar-refractivity contribution < 1.29 is 22.4 Å². The molecule has 5 rings (SSSR count). The van der Waals surface area contributed by atoms with Crippen molar-refractivity contribution in [1.29, 1.82) is 0 Å². The molecule has 0 saturated carbocycles. The quantitative estimate of drug-likeness (QED) is 0.298. The summed E-state index contributed by atoms with van der Waals surface area (Å²) in [6, 6.07) is 5.45. The van der Waals surface area contributed by atoms with Gasteiger partial charge < -0.3 is 14.7 Å². The van der Waals surface area contributed by atoms with Crippen LogP contribution in [0.5, 0.6) is 0 Å². The molecule has 0 bridgehead atoms. The largest absolute Gasteiger partial charge is 0.417 e. The van der Waals surface area contributed by atoms with Crippen LogP contribution in [0.1, 0.15) is 19.4 Å². The van der Waals surface area contributed by atoms with Gasteiger partial charge in [-0.15, -0.1) is 11.8 Å². The van der Waals surface area contributed by atoms with Gasteiger partial charge in [0.15, 0.2) is 0 Å². The van der Waals surface area contributed by atoms with Gasteiger partial charge >= 0.3 is 11.9 Å². The molecule has 2 aromatic carbocycles. The molecule has 7 nitrogen and oxygen atoms in total. The third kappa shape index (κ3) is 5.54. The lowest BCUT2D eigenvalue weighted by Gasteiger charge is -2.44. The lowest BCUT2D eigenvalue weighted by molar-refractivity contribution is -0.137. The van der Waals surface area contributed by atoms with E-state index in [1.807, 2.05) is 32.8 Å². The van der Waals surface area contributed by atoms with Crippen LogP contribution in [0.4, 0.5) is 23.4 Å². The minimum atomic E-state index is -4.74. The molecule has 3 atom stereocenters. The molecule has 0 unspecified atom stereocenters. The van der Waals surface area contributed by atoms with Gasteiger partial charge in [-0.2, -0.15) is 18.2 Å². The second-order valence-electron chi connectivity index (χ2n) is 11.3. The molecule has 1 saturated heterocycles. The van der Waals surface area contributed by atoms with Crippen LogP contribution < -0.4 is 10.6 Å². The molecular weight excluding hydrogens is 570 g/mol. The zero-order valence-electron chi connectivity index (χ0n) is 23.9. The number of piperazine rings is 1. The number of anilines is 1. The molecule has 42 heavy (non-hydrogen) atoms. The normalized spacial score (nSPS) is 21.1. The summed E-state index contributed by atoms with van der Waals surface area (Å²) in [6.45, 7) is 8.76. The predicted molar refractivity (Wildman–Crippen MR) is 157 cm³/mol. The number of carbonyl (C=O) groups is 1. The summed E-state index contributed by atoms with van der Waals surface area (Å²) in [4.78, 5) is 36.4. The number of amides is 1. The van der Waals surface area contributed by atoms with E-state index in [0.717, 1.165) is 18.2 Å². The second kappa shape index (κ2) is 11.4. The van der Waals surface area contributed by atoms with E-state index in [-0.39, 0.29) is 59.3 Å². The van der Waals surface area contributed by atoms with Crippen LogP contribution in [0.3, 0.4) is 0 Å². The first kappa shape index (κ1) is 30.1. The maximum atomic E-state index is 14.8. The highest BCUT2D eigenvalue weighted by Crippen LogP contribution is 2.48. The molecule has 2 aliphatic heterocycles. The molecule has 0 aliphatic carbocycles. The van der Waals surface area contributed by atoms with Gasteiger partial charge in [-0.3, -0.25) is 9.36 Å². The second-order valence-corrected chi connectivity index (χ2v) is 12.4. The van der Waals surface area contributed by atoms with Gasteiger partial charge in [-0.1, -0.05) is 18.7 Å². The summed E-state index contributed by atoms with van der Waals surface area (Å²) in [7, 11) is 3.82. The fourth-order valence-electron chi connectivity index (χ4n) is 6.25. The van der Waals surface area contributed by atoms with Crippen LogP contribution in [0.2, 0.25) is 0 Å². The average Bonchev–Trinajstić information content (AvgIpc) is 3.10. The summed E-state index contributed by atoms with van der Waals surface area (Å²) in [6.07, 6.45) is -3.49. The van der Waals surface area contributed by atoms with E-state index in [1.165, 1.54) is 34.5 Å². The molecule has 1 fully saturated rings. The first-order valence-electron chi connectivity index (χ1n) is 13.7. The number of alkyl halides is 3. The van der Waals surface area contributed by atoms with Crippen molar-refractivity contribution in [2.75, 3.05) is 44.4 Å². The van der Waals surface area contributed by atoms with Crippen LogP contribution in [0, 0.1) is 11.7 Å². The van der Waals surface area contributed by atoms with Crippen molar-refractivity contribution in [2.45, 2.75) is 43.5 Å². The molecule has 1 amide bonds. The highest BCUT2D eigenvalue weighted by molar-refractivity contribution is 7.99. The maximum Gasteiger partial charge on any atom is 0.417 e. The van der Waals surface area contributed by atoms with Crippen LogP contribution in [-0.2, 0) is 17.5 Å². The average molecular weight is 604 g/mol. The Hall–Kier alpha value is -3.38. The summed E-state index contributed by atoms with van der Waals surface area (Å²) >= 11 is 1.29. The first-order valence-corrected chi connectivity index (χ1v) is 14.7. The van der Waals surface area contributed by atoms with E-state index in [4.69, 9.17) is 0 Å². The van der Waals surface area contributed by atoms with Gasteiger partial charge in [0.2, 0.25) is 5.91 Å². The third-order valence-electron chi connectivity index (χ3n) is 7.81. The minimum absolute atomic E-state index is 0.0325. The Kier molecular flexibility index (Phi) is 8.14. The molecule has 0 N–H and O–H groups in total. The Labute approximate surface area is 245 Å². The Morgan fingerprint density at radius 1 is 1.14 bits per heavy atom. The van der Waals surface area contributed by atoms with Gasteiger partial charge in [0.25, 0.3) is 0 Å². The summed E-state index contributed by atoms with van der Waals surface area (Å²) < 4.78 is 59.8. The molecule has 3 aromatic rings. The van der Waals surface area contributed by atoms with Gasteiger partial charge in [0.1, 0.15) is 11.6 Å². The highest BCUT2D eigenvalue weighted by Gasteiger charge is 2.39. The number of aromatic nitrogens is 2. The SMILES string of the molecule is C=CC(=O)N1[C@H](C)CN(c2nc(=O)n3c4c(c(-c5ccc(F)cc5)c(C(F)(F)F)cc24)SC[C@@H](CN(C)C)C3)C[C@@H]1C. The molecule has 12 heteroatoms. The van der Waals surface area contributed by atoms with E-state index < -0.39 is 23.2 Å². The molecule has 0 radical (unpaired) electrons. The number of hydrogen-bond donors (Lipinski definition) is 0. The number of carbonyl (C=O) groups excluding carboxylic acids is 1. The molecule has 224 valence electrons. The Balaban J connectivity index is 1.80. The van der Waals surface area contributed by atoms with Gasteiger partial charge in [0, 0.05) is 59.9 Å². The van der Waals surface area contributed by atoms with Crippen molar-refractivity contribution in [3.8, 4) is 11.1 Å². The lowest BCUT2D eigenvalue weighted by Crippen LogP contribution is -2.58. The number of rotatable bonds is 5. The molecule has 1 aromatic heterocycles. The Morgan fingerprint density at radius 2 is 1.79 bits per heavy atom. The lowest BCUT2D eigenvalue weighted by atomic mass is 9.96. The van der Waals surface area contributed by atoms with Gasteiger partial charge in [0.05, 0.1) is 11.1 Å².